The third-order valence-corrected chi connectivity index (χ3v) is 11.5. The maximum atomic E-state index is 12.7. The number of hydrogen-bond donors (Lipinski definition) is 0. The van der Waals surface area contributed by atoms with Crippen LogP contribution in [0.15, 0.2) is 0 Å². The summed E-state index contributed by atoms with van der Waals surface area (Å²) in [7, 11) is 0. The molecule has 0 fully saturated rings. The molecule has 338 valence electrons. The number of carbonyl (C=O) groups excluding carboxylic acids is 3. The number of unbranched alkanes of at least 4 members (excludes halogenated alkanes) is 30. The van der Waals surface area contributed by atoms with Crippen LogP contribution >= 0.6 is 0 Å². The largest absolute Gasteiger partial charge is 0.462 e. The molecular formula is C51H98O6. The first kappa shape index (κ1) is 55.4. The normalized spacial score (nSPS) is 12.1. The molecule has 6 heteroatoms. The first-order chi connectivity index (χ1) is 27.7. The summed E-state index contributed by atoms with van der Waals surface area (Å²) in [5, 5.41) is 0. The van der Waals surface area contributed by atoms with Crippen molar-refractivity contribution in [2.45, 2.75) is 285 Å². The number of hydrogen-bond acceptors (Lipinski definition) is 6. The molecule has 0 spiro atoms. The Morgan fingerprint density at radius 1 is 0.333 bits per heavy atom. The molecule has 0 aliphatic heterocycles. The van der Waals surface area contributed by atoms with Crippen molar-refractivity contribution in [2.24, 2.45) is 11.8 Å². The van der Waals surface area contributed by atoms with E-state index in [1.807, 2.05) is 0 Å². The van der Waals surface area contributed by atoms with Crippen LogP contribution in [-0.2, 0) is 28.6 Å². The molecule has 0 saturated heterocycles. The van der Waals surface area contributed by atoms with E-state index in [0.717, 1.165) is 69.6 Å². The van der Waals surface area contributed by atoms with E-state index in [2.05, 4.69) is 34.6 Å². The van der Waals surface area contributed by atoms with Crippen LogP contribution in [0.5, 0.6) is 0 Å². The summed E-state index contributed by atoms with van der Waals surface area (Å²) < 4.78 is 16.8. The summed E-state index contributed by atoms with van der Waals surface area (Å²) >= 11 is 0. The van der Waals surface area contributed by atoms with E-state index in [1.165, 1.54) is 167 Å². The molecule has 0 aromatic carbocycles. The van der Waals surface area contributed by atoms with Crippen molar-refractivity contribution in [1.82, 2.24) is 0 Å². The van der Waals surface area contributed by atoms with Gasteiger partial charge in [0.1, 0.15) is 13.2 Å². The molecule has 0 heterocycles. The summed E-state index contributed by atoms with van der Waals surface area (Å²) in [5.41, 5.74) is 0. The highest BCUT2D eigenvalue weighted by atomic mass is 16.6. The van der Waals surface area contributed by atoms with Gasteiger partial charge in [-0.2, -0.15) is 0 Å². The van der Waals surface area contributed by atoms with Gasteiger partial charge in [0.15, 0.2) is 6.10 Å². The monoisotopic (exact) mass is 807 g/mol. The van der Waals surface area contributed by atoms with E-state index in [-0.39, 0.29) is 31.1 Å². The van der Waals surface area contributed by atoms with Crippen LogP contribution in [0.1, 0.15) is 279 Å². The van der Waals surface area contributed by atoms with Crippen molar-refractivity contribution in [2.75, 3.05) is 13.2 Å². The fraction of sp³-hybridized carbons (Fsp3) is 0.941. The lowest BCUT2D eigenvalue weighted by Gasteiger charge is -2.18. The van der Waals surface area contributed by atoms with Crippen molar-refractivity contribution in [3.05, 3.63) is 0 Å². The molecule has 6 nitrogen and oxygen atoms in total. The van der Waals surface area contributed by atoms with Crippen LogP contribution in [0.25, 0.3) is 0 Å². The lowest BCUT2D eigenvalue weighted by atomic mass is 10.0. The molecule has 0 bridgehead atoms. The Balaban J connectivity index is 4.25. The minimum Gasteiger partial charge on any atom is -0.462 e. The van der Waals surface area contributed by atoms with Crippen LogP contribution in [0, 0.1) is 11.8 Å². The molecule has 0 rings (SSSR count). The summed E-state index contributed by atoms with van der Waals surface area (Å²) in [5.74, 6) is 0.744. The molecule has 0 aromatic heterocycles. The lowest BCUT2D eigenvalue weighted by Crippen LogP contribution is -2.30. The first-order valence-electron chi connectivity index (χ1n) is 25.2. The van der Waals surface area contributed by atoms with Gasteiger partial charge in [-0.1, -0.05) is 240 Å². The molecule has 0 aliphatic rings. The van der Waals surface area contributed by atoms with Crippen LogP contribution in [0.2, 0.25) is 0 Å². The van der Waals surface area contributed by atoms with Gasteiger partial charge in [-0.3, -0.25) is 14.4 Å². The van der Waals surface area contributed by atoms with E-state index in [9.17, 15) is 14.4 Å². The highest BCUT2D eigenvalue weighted by Crippen LogP contribution is 2.17. The number of ether oxygens (including phenoxy) is 3. The SMILES string of the molecule is CCCCCCCCCCCCCCCCC(=O)OC[C@H](COC(=O)CCCCCCCCCCCCCCCC(C)C)OC(=O)CCCCCCCCC(C)C. The molecule has 57 heavy (non-hydrogen) atoms. The zero-order chi connectivity index (χ0) is 41.9. The zero-order valence-corrected chi connectivity index (χ0v) is 39.0. The van der Waals surface area contributed by atoms with Crippen molar-refractivity contribution in [3.8, 4) is 0 Å². The number of rotatable bonds is 45. The van der Waals surface area contributed by atoms with Crippen LogP contribution < -0.4 is 0 Å². The van der Waals surface area contributed by atoms with Crippen molar-refractivity contribution in [3.63, 3.8) is 0 Å². The maximum Gasteiger partial charge on any atom is 0.306 e. The standard InChI is InChI=1S/C51H98O6/c1-6-7-8-9-10-11-12-13-16-19-22-25-31-36-41-49(52)55-44-48(57-51(54)43-38-33-28-27-30-35-40-47(4)5)45-56-50(53)42-37-32-26-23-20-17-14-15-18-21-24-29-34-39-46(2)3/h46-48H,6-45H2,1-5H3/t48-/m1/s1. The Morgan fingerprint density at radius 2 is 0.579 bits per heavy atom. The third-order valence-electron chi connectivity index (χ3n) is 11.5. The predicted octanol–water partition coefficient (Wildman–Crippen LogP) is 16.1. The summed E-state index contributed by atoms with van der Waals surface area (Å²) in [6, 6.07) is 0. The lowest BCUT2D eigenvalue weighted by molar-refractivity contribution is -0.167. The average Bonchev–Trinajstić information content (AvgIpc) is 3.18. The average molecular weight is 807 g/mol. The molecule has 1 atom stereocenters. The van der Waals surface area contributed by atoms with Gasteiger partial charge in [0.05, 0.1) is 0 Å². The second-order valence-electron chi connectivity index (χ2n) is 18.4. The summed E-state index contributed by atoms with van der Waals surface area (Å²) in [6.07, 6.45) is 43.9. The van der Waals surface area contributed by atoms with Crippen molar-refractivity contribution in [1.29, 1.82) is 0 Å². The first-order valence-corrected chi connectivity index (χ1v) is 25.2. The quantitative estimate of drug-likeness (QED) is 0.0346. The number of esters is 3. The van der Waals surface area contributed by atoms with Gasteiger partial charge in [0.25, 0.3) is 0 Å². The fourth-order valence-electron chi connectivity index (χ4n) is 7.64. The minimum atomic E-state index is -0.761. The van der Waals surface area contributed by atoms with E-state index >= 15 is 0 Å². The predicted molar refractivity (Wildman–Crippen MR) is 243 cm³/mol. The topological polar surface area (TPSA) is 78.9 Å². The van der Waals surface area contributed by atoms with Gasteiger partial charge < -0.3 is 14.2 Å². The Labute approximate surface area is 355 Å². The van der Waals surface area contributed by atoms with E-state index in [1.54, 1.807) is 0 Å². The second kappa shape index (κ2) is 44.0. The minimum absolute atomic E-state index is 0.0649. The highest BCUT2D eigenvalue weighted by Gasteiger charge is 2.19. The molecular weight excluding hydrogens is 709 g/mol. The molecule has 0 saturated carbocycles. The van der Waals surface area contributed by atoms with E-state index in [4.69, 9.17) is 14.2 Å². The Kier molecular flexibility index (Phi) is 42.7. The molecule has 0 unspecified atom stereocenters. The van der Waals surface area contributed by atoms with Gasteiger partial charge in [-0.25, -0.2) is 0 Å². The summed E-state index contributed by atoms with van der Waals surface area (Å²) in [4.78, 5) is 37.8. The molecule has 0 aromatic rings. The maximum absolute atomic E-state index is 12.7. The van der Waals surface area contributed by atoms with Gasteiger partial charge in [0, 0.05) is 19.3 Å². The molecule has 0 N–H and O–H groups in total. The Bertz CT molecular complexity index is 870. The van der Waals surface area contributed by atoms with Crippen molar-refractivity contribution >= 4 is 17.9 Å². The van der Waals surface area contributed by atoms with Gasteiger partial charge in [-0.15, -0.1) is 0 Å². The van der Waals surface area contributed by atoms with E-state index in [0.29, 0.717) is 19.3 Å². The van der Waals surface area contributed by atoms with Gasteiger partial charge in [-0.05, 0) is 31.1 Å². The summed E-state index contributed by atoms with van der Waals surface area (Å²) in [6.45, 7) is 11.3. The Morgan fingerprint density at radius 3 is 0.860 bits per heavy atom. The highest BCUT2D eigenvalue weighted by molar-refractivity contribution is 5.71. The molecule has 0 amide bonds. The molecule has 0 radical (unpaired) electrons. The Hall–Kier alpha value is -1.59. The second-order valence-corrected chi connectivity index (χ2v) is 18.4. The van der Waals surface area contributed by atoms with Crippen LogP contribution in [0.4, 0.5) is 0 Å². The molecule has 0 aliphatic carbocycles. The van der Waals surface area contributed by atoms with Crippen LogP contribution in [0.3, 0.4) is 0 Å². The van der Waals surface area contributed by atoms with Gasteiger partial charge in [0.2, 0.25) is 0 Å². The van der Waals surface area contributed by atoms with Crippen LogP contribution in [-0.4, -0.2) is 37.2 Å². The smallest absolute Gasteiger partial charge is 0.306 e. The van der Waals surface area contributed by atoms with E-state index < -0.39 is 6.10 Å². The van der Waals surface area contributed by atoms with Gasteiger partial charge >= 0.3 is 17.9 Å². The number of carbonyl (C=O) groups is 3. The van der Waals surface area contributed by atoms with Crippen molar-refractivity contribution < 1.29 is 28.6 Å². The fourth-order valence-corrected chi connectivity index (χ4v) is 7.64. The zero-order valence-electron chi connectivity index (χ0n) is 39.0. The third kappa shape index (κ3) is 45.3.